The van der Waals surface area contributed by atoms with E-state index in [1.165, 1.54) is 19.2 Å². The number of methoxy groups -OCH3 is 1. The van der Waals surface area contributed by atoms with Crippen LogP contribution in [0.1, 0.15) is 26.3 Å². The summed E-state index contributed by atoms with van der Waals surface area (Å²) in [4.78, 5) is 11.3. The van der Waals surface area contributed by atoms with Gasteiger partial charge in [0.1, 0.15) is 5.60 Å². The molecule has 0 atom stereocenters. The highest BCUT2D eigenvalue weighted by atomic mass is 19.2. The van der Waals surface area contributed by atoms with E-state index in [4.69, 9.17) is 4.74 Å². The average molecular weight is 297 g/mol. The van der Waals surface area contributed by atoms with Crippen molar-refractivity contribution in [1.29, 1.82) is 0 Å². The molecule has 0 saturated carbocycles. The summed E-state index contributed by atoms with van der Waals surface area (Å²) < 4.78 is 36.7. The van der Waals surface area contributed by atoms with Crippen LogP contribution in [-0.2, 0) is 4.74 Å². The quantitative estimate of drug-likeness (QED) is 0.854. The molecule has 0 radical (unpaired) electrons. The number of carbonyl (C=O) groups excluding carboxylic acids is 1. The standard InChI is InChI=1S/C15H17F2NO3/c1-15(2,3)21-14(19)18-9-5-6-10-7-8-11(20-4)13(17)12(10)16/h7-8H,9H2,1-4H3,(H,18,19). The van der Waals surface area contributed by atoms with Gasteiger partial charge in [-0.15, -0.1) is 0 Å². The Morgan fingerprint density at radius 2 is 1.95 bits per heavy atom. The summed E-state index contributed by atoms with van der Waals surface area (Å²) in [5, 5.41) is 2.39. The first-order valence-corrected chi connectivity index (χ1v) is 6.22. The van der Waals surface area contributed by atoms with Gasteiger partial charge in [-0.05, 0) is 32.9 Å². The molecule has 0 bridgehead atoms. The van der Waals surface area contributed by atoms with Crippen LogP contribution < -0.4 is 10.1 Å². The first-order valence-electron chi connectivity index (χ1n) is 6.22. The van der Waals surface area contributed by atoms with Crippen molar-refractivity contribution in [2.75, 3.05) is 13.7 Å². The van der Waals surface area contributed by atoms with Crippen LogP contribution in [-0.4, -0.2) is 25.3 Å². The first-order chi connectivity index (χ1) is 9.74. The first kappa shape index (κ1) is 16.8. The average Bonchev–Trinajstić information content (AvgIpc) is 2.37. The van der Waals surface area contributed by atoms with E-state index in [2.05, 4.69) is 21.9 Å². The second kappa shape index (κ2) is 6.93. The molecule has 0 spiro atoms. The molecule has 6 heteroatoms. The van der Waals surface area contributed by atoms with Gasteiger partial charge in [0.05, 0.1) is 19.2 Å². The summed E-state index contributed by atoms with van der Waals surface area (Å²) >= 11 is 0. The number of amides is 1. The van der Waals surface area contributed by atoms with Crippen molar-refractivity contribution in [2.45, 2.75) is 26.4 Å². The van der Waals surface area contributed by atoms with E-state index in [9.17, 15) is 13.6 Å². The van der Waals surface area contributed by atoms with Crippen LogP contribution >= 0.6 is 0 Å². The predicted octanol–water partition coefficient (Wildman–Crippen LogP) is 2.85. The zero-order valence-electron chi connectivity index (χ0n) is 12.3. The number of hydrogen-bond donors (Lipinski definition) is 1. The van der Waals surface area contributed by atoms with Crippen LogP contribution in [0.2, 0.25) is 0 Å². The summed E-state index contributed by atoms with van der Waals surface area (Å²) in [5.74, 6) is 2.58. The highest BCUT2D eigenvalue weighted by Crippen LogP contribution is 2.21. The lowest BCUT2D eigenvalue weighted by Crippen LogP contribution is -2.32. The third kappa shape index (κ3) is 5.30. The fourth-order valence-corrected chi connectivity index (χ4v) is 1.36. The molecule has 1 rings (SSSR count). The van der Waals surface area contributed by atoms with Crippen LogP contribution in [0.5, 0.6) is 5.75 Å². The van der Waals surface area contributed by atoms with Crippen LogP contribution in [0.3, 0.4) is 0 Å². The molecule has 0 aliphatic heterocycles. The third-order valence-electron chi connectivity index (χ3n) is 2.21. The molecule has 0 aliphatic carbocycles. The molecule has 1 aromatic carbocycles. The number of alkyl carbamates (subject to hydrolysis) is 1. The second-order valence-electron chi connectivity index (χ2n) is 5.10. The molecule has 1 N–H and O–H groups in total. The zero-order valence-corrected chi connectivity index (χ0v) is 12.3. The topological polar surface area (TPSA) is 47.6 Å². The van der Waals surface area contributed by atoms with Gasteiger partial charge in [-0.3, -0.25) is 0 Å². The number of rotatable bonds is 2. The smallest absolute Gasteiger partial charge is 0.408 e. The van der Waals surface area contributed by atoms with E-state index in [0.717, 1.165) is 0 Å². The SMILES string of the molecule is COc1ccc(C#CCNC(=O)OC(C)(C)C)c(F)c1F. The Bertz CT molecular complexity index is 583. The van der Waals surface area contributed by atoms with Gasteiger partial charge < -0.3 is 14.8 Å². The Balaban J connectivity index is 2.64. The van der Waals surface area contributed by atoms with Crippen molar-refractivity contribution in [3.8, 4) is 17.6 Å². The summed E-state index contributed by atoms with van der Waals surface area (Å²) in [5.41, 5.74) is -0.720. The fourth-order valence-electron chi connectivity index (χ4n) is 1.36. The fraction of sp³-hybridized carbons (Fsp3) is 0.400. The van der Waals surface area contributed by atoms with Gasteiger partial charge in [0, 0.05) is 0 Å². The lowest BCUT2D eigenvalue weighted by atomic mass is 10.2. The molecule has 1 aromatic rings. The predicted molar refractivity (Wildman–Crippen MR) is 74.0 cm³/mol. The van der Waals surface area contributed by atoms with E-state index in [0.29, 0.717) is 0 Å². The maximum Gasteiger partial charge on any atom is 0.408 e. The molecule has 0 aromatic heterocycles. The Morgan fingerprint density at radius 3 is 2.52 bits per heavy atom. The third-order valence-corrected chi connectivity index (χ3v) is 2.21. The van der Waals surface area contributed by atoms with Gasteiger partial charge in [0.2, 0.25) is 5.82 Å². The van der Waals surface area contributed by atoms with Crippen LogP contribution in [0.4, 0.5) is 13.6 Å². The maximum absolute atomic E-state index is 13.6. The van der Waals surface area contributed by atoms with Crippen molar-refractivity contribution in [3.63, 3.8) is 0 Å². The van der Waals surface area contributed by atoms with Gasteiger partial charge in [-0.2, -0.15) is 4.39 Å². The molecule has 0 aliphatic rings. The Kier molecular flexibility index (Phi) is 5.53. The molecular weight excluding hydrogens is 280 g/mol. The van der Waals surface area contributed by atoms with Gasteiger partial charge in [0.15, 0.2) is 11.6 Å². The summed E-state index contributed by atoms with van der Waals surface area (Å²) in [6.07, 6.45) is -0.627. The lowest BCUT2D eigenvalue weighted by molar-refractivity contribution is 0.0535. The number of benzene rings is 1. The maximum atomic E-state index is 13.6. The van der Waals surface area contributed by atoms with Crippen molar-refractivity contribution in [2.24, 2.45) is 0 Å². The molecule has 0 saturated heterocycles. The molecule has 4 nitrogen and oxygen atoms in total. The number of ether oxygens (including phenoxy) is 2. The zero-order chi connectivity index (χ0) is 16.0. The van der Waals surface area contributed by atoms with Crippen molar-refractivity contribution < 1.29 is 23.0 Å². The molecule has 0 fully saturated rings. The summed E-state index contributed by atoms with van der Waals surface area (Å²) in [6.45, 7) is 5.15. The second-order valence-corrected chi connectivity index (χ2v) is 5.10. The number of carbonyl (C=O) groups is 1. The number of halogens is 2. The Hall–Kier alpha value is -2.29. The van der Waals surface area contributed by atoms with Gasteiger partial charge in [-0.1, -0.05) is 11.8 Å². The highest BCUT2D eigenvalue weighted by molar-refractivity contribution is 5.68. The van der Waals surface area contributed by atoms with Crippen LogP contribution in [0.15, 0.2) is 12.1 Å². The molecule has 114 valence electrons. The van der Waals surface area contributed by atoms with Crippen molar-refractivity contribution in [3.05, 3.63) is 29.3 Å². The van der Waals surface area contributed by atoms with E-state index in [1.807, 2.05) is 0 Å². The summed E-state index contributed by atoms with van der Waals surface area (Å²) in [7, 11) is 1.24. The van der Waals surface area contributed by atoms with Gasteiger partial charge in [-0.25, -0.2) is 9.18 Å². The Labute approximate surface area is 122 Å². The van der Waals surface area contributed by atoms with Gasteiger partial charge >= 0.3 is 6.09 Å². The van der Waals surface area contributed by atoms with E-state index < -0.39 is 23.3 Å². The van der Waals surface area contributed by atoms with E-state index >= 15 is 0 Å². The minimum Gasteiger partial charge on any atom is -0.494 e. The minimum absolute atomic E-state index is 0.0397. The molecule has 21 heavy (non-hydrogen) atoms. The normalized spacial score (nSPS) is 10.4. The van der Waals surface area contributed by atoms with E-state index in [-0.39, 0.29) is 17.9 Å². The molecule has 1 amide bonds. The number of nitrogens with one attached hydrogen (secondary N) is 1. The largest absolute Gasteiger partial charge is 0.494 e. The highest BCUT2D eigenvalue weighted by Gasteiger charge is 2.15. The number of hydrogen-bond acceptors (Lipinski definition) is 3. The van der Waals surface area contributed by atoms with E-state index in [1.54, 1.807) is 20.8 Å². The van der Waals surface area contributed by atoms with Crippen molar-refractivity contribution >= 4 is 6.09 Å². The lowest BCUT2D eigenvalue weighted by Gasteiger charge is -2.19. The molecular formula is C15H17F2NO3. The van der Waals surface area contributed by atoms with Gasteiger partial charge in [0.25, 0.3) is 0 Å². The van der Waals surface area contributed by atoms with Crippen molar-refractivity contribution in [1.82, 2.24) is 5.32 Å². The molecule has 0 unspecified atom stereocenters. The Morgan fingerprint density at radius 1 is 1.29 bits per heavy atom. The monoisotopic (exact) mass is 297 g/mol. The minimum atomic E-state index is -1.09. The van der Waals surface area contributed by atoms with Crippen LogP contribution in [0, 0.1) is 23.5 Å². The van der Waals surface area contributed by atoms with Crippen LogP contribution in [0.25, 0.3) is 0 Å². The summed E-state index contributed by atoms with van der Waals surface area (Å²) in [6, 6.07) is 2.58. The molecule has 0 heterocycles.